The number of hydrogen-bond acceptors (Lipinski definition) is 4. The van der Waals surface area contributed by atoms with E-state index in [9.17, 15) is 4.79 Å². The molecule has 0 N–H and O–H groups in total. The molecule has 4 nitrogen and oxygen atoms in total. The van der Waals surface area contributed by atoms with Gasteiger partial charge in [0.2, 0.25) is 0 Å². The van der Waals surface area contributed by atoms with E-state index in [1.807, 2.05) is 26.1 Å². The number of likely N-dealkylation sites (N-methyl/N-ethyl adjacent to an activating group) is 1. The lowest BCUT2D eigenvalue weighted by molar-refractivity contribution is -0.146. The summed E-state index contributed by atoms with van der Waals surface area (Å²) in [6.07, 6.45) is 0. The van der Waals surface area contributed by atoms with Crippen molar-refractivity contribution in [3.05, 3.63) is 71.8 Å². The van der Waals surface area contributed by atoms with Gasteiger partial charge in [-0.05, 0) is 32.0 Å². The molecule has 0 aromatic heterocycles. The Bertz CT molecular complexity index is 619. The van der Waals surface area contributed by atoms with E-state index >= 15 is 0 Å². The normalized spacial score (nSPS) is 13.6. The predicted octanol–water partition coefficient (Wildman–Crippen LogP) is 3.57. The van der Waals surface area contributed by atoms with Crippen LogP contribution in [0, 0.1) is 0 Å². The Kier molecular flexibility index (Phi) is 7.82. The summed E-state index contributed by atoms with van der Waals surface area (Å²) in [6, 6.07) is 21.0. The van der Waals surface area contributed by atoms with Crippen LogP contribution in [0.25, 0.3) is 0 Å². The van der Waals surface area contributed by atoms with E-state index in [0.717, 1.165) is 19.6 Å². The van der Waals surface area contributed by atoms with Crippen molar-refractivity contribution in [2.45, 2.75) is 39.0 Å². The van der Waals surface area contributed by atoms with Crippen LogP contribution in [-0.4, -0.2) is 48.6 Å². The van der Waals surface area contributed by atoms with E-state index in [1.54, 1.807) is 0 Å². The van der Waals surface area contributed by atoms with Crippen LogP contribution >= 0.6 is 0 Å². The molecule has 26 heavy (non-hydrogen) atoms. The Balaban J connectivity index is 2.08. The second-order valence-corrected chi connectivity index (χ2v) is 6.85. The first-order chi connectivity index (χ1) is 12.5. The van der Waals surface area contributed by atoms with Crippen molar-refractivity contribution in [2.75, 3.05) is 20.7 Å². The van der Waals surface area contributed by atoms with Gasteiger partial charge in [0.05, 0.1) is 7.11 Å². The Morgan fingerprint density at radius 1 is 0.923 bits per heavy atom. The Hall–Kier alpha value is -2.17. The van der Waals surface area contributed by atoms with Crippen molar-refractivity contribution >= 4 is 5.97 Å². The summed E-state index contributed by atoms with van der Waals surface area (Å²) < 4.78 is 4.89. The minimum Gasteiger partial charge on any atom is -0.468 e. The third-order valence-corrected chi connectivity index (χ3v) is 4.87. The highest BCUT2D eigenvalue weighted by atomic mass is 16.5. The minimum atomic E-state index is -0.259. The SMILES string of the molecule is COC(=O)C(C)N(C)C(C)CN(Cc1ccccc1)Cc1ccccc1. The van der Waals surface area contributed by atoms with Crippen molar-refractivity contribution in [3.8, 4) is 0 Å². The number of carbonyl (C=O) groups is 1. The predicted molar refractivity (Wildman–Crippen MR) is 106 cm³/mol. The van der Waals surface area contributed by atoms with Crippen molar-refractivity contribution in [1.29, 1.82) is 0 Å². The summed E-state index contributed by atoms with van der Waals surface area (Å²) in [5.74, 6) is -0.197. The molecule has 0 spiro atoms. The summed E-state index contributed by atoms with van der Waals surface area (Å²) in [7, 11) is 3.42. The molecule has 2 aromatic rings. The van der Waals surface area contributed by atoms with Gasteiger partial charge in [-0.25, -0.2) is 0 Å². The van der Waals surface area contributed by atoms with E-state index in [1.165, 1.54) is 18.2 Å². The number of methoxy groups -OCH3 is 1. The van der Waals surface area contributed by atoms with Crippen molar-refractivity contribution in [1.82, 2.24) is 9.80 Å². The van der Waals surface area contributed by atoms with Crippen molar-refractivity contribution < 1.29 is 9.53 Å². The first kappa shape index (κ1) is 20.1. The Morgan fingerprint density at radius 3 is 1.81 bits per heavy atom. The molecule has 0 radical (unpaired) electrons. The maximum Gasteiger partial charge on any atom is 0.322 e. The van der Waals surface area contributed by atoms with Crippen molar-refractivity contribution in [2.24, 2.45) is 0 Å². The molecule has 0 aliphatic heterocycles. The van der Waals surface area contributed by atoms with Crippen LogP contribution in [-0.2, 0) is 22.6 Å². The van der Waals surface area contributed by atoms with Crippen molar-refractivity contribution in [3.63, 3.8) is 0 Å². The molecular weight excluding hydrogens is 324 g/mol. The van der Waals surface area contributed by atoms with Gasteiger partial charge in [-0.2, -0.15) is 0 Å². The molecule has 0 fully saturated rings. The first-order valence-electron chi connectivity index (χ1n) is 9.11. The molecule has 0 bridgehead atoms. The molecular formula is C22H30N2O2. The molecule has 2 atom stereocenters. The van der Waals surface area contributed by atoms with Gasteiger partial charge in [0.1, 0.15) is 6.04 Å². The van der Waals surface area contributed by atoms with Gasteiger partial charge in [0.25, 0.3) is 0 Å². The average molecular weight is 354 g/mol. The minimum absolute atomic E-state index is 0.197. The third-order valence-electron chi connectivity index (χ3n) is 4.87. The molecule has 140 valence electrons. The molecule has 2 aromatic carbocycles. The topological polar surface area (TPSA) is 32.8 Å². The van der Waals surface area contributed by atoms with Crippen LogP contribution < -0.4 is 0 Å². The first-order valence-corrected chi connectivity index (χ1v) is 9.11. The lowest BCUT2D eigenvalue weighted by atomic mass is 10.1. The highest BCUT2D eigenvalue weighted by Crippen LogP contribution is 2.13. The number of ether oxygens (including phenoxy) is 1. The lowest BCUT2D eigenvalue weighted by Crippen LogP contribution is -2.47. The fraction of sp³-hybridized carbons (Fsp3) is 0.409. The smallest absolute Gasteiger partial charge is 0.322 e. The summed E-state index contributed by atoms with van der Waals surface area (Å²) in [4.78, 5) is 16.4. The molecule has 0 saturated carbocycles. The zero-order chi connectivity index (χ0) is 18.9. The largest absolute Gasteiger partial charge is 0.468 e. The van der Waals surface area contributed by atoms with Gasteiger partial charge in [-0.3, -0.25) is 14.6 Å². The summed E-state index contributed by atoms with van der Waals surface area (Å²) in [5.41, 5.74) is 2.58. The third kappa shape index (κ3) is 5.97. The highest BCUT2D eigenvalue weighted by Gasteiger charge is 2.24. The quantitative estimate of drug-likeness (QED) is 0.645. The second-order valence-electron chi connectivity index (χ2n) is 6.85. The van der Waals surface area contributed by atoms with E-state index in [4.69, 9.17) is 4.74 Å². The molecule has 0 aliphatic rings. The standard InChI is InChI=1S/C22H30N2O2/c1-18(23(3)19(2)22(25)26-4)15-24(16-20-11-7-5-8-12-20)17-21-13-9-6-10-14-21/h5-14,18-19H,15-17H2,1-4H3. The number of benzene rings is 2. The lowest BCUT2D eigenvalue weighted by Gasteiger charge is -2.33. The zero-order valence-corrected chi connectivity index (χ0v) is 16.3. The molecule has 0 aliphatic carbocycles. The average Bonchev–Trinajstić information content (AvgIpc) is 2.67. The molecule has 0 amide bonds. The van der Waals surface area contributed by atoms with Gasteiger partial charge in [-0.15, -0.1) is 0 Å². The Labute approximate surface area is 157 Å². The fourth-order valence-corrected chi connectivity index (χ4v) is 3.09. The molecule has 4 heteroatoms. The molecule has 0 saturated heterocycles. The van der Waals surface area contributed by atoms with E-state index in [2.05, 4.69) is 65.3 Å². The van der Waals surface area contributed by atoms with Crippen LogP contribution in [0.1, 0.15) is 25.0 Å². The maximum atomic E-state index is 11.8. The number of hydrogen-bond donors (Lipinski definition) is 0. The van der Waals surface area contributed by atoms with E-state index in [-0.39, 0.29) is 18.1 Å². The van der Waals surface area contributed by atoms with Crippen LogP contribution in [0.4, 0.5) is 0 Å². The summed E-state index contributed by atoms with van der Waals surface area (Å²) in [6.45, 7) is 6.66. The van der Waals surface area contributed by atoms with Gasteiger partial charge in [-0.1, -0.05) is 60.7 Å². The van der Waals surface area contributed by atoms with Gasteiger partial charge in [0.15, 0.2) is 0 Å². The summed E-state index contributed by atoms with van der Waals surface area (Å²) in [5, 5.41) is 0. The van der Waals surface area contributed by atoms with Crippen LogP contribution in [0.5, 0.6) is 0 Å². The molecule has 2 rings (SSSR count). The number of esters is 1. The highest BCUT2D eigenvalue weighted by molar-refractivity contribution is 5.75. The monoisotopic (exact) mass is 354 g/mol. The van der Waals surface area contributed by atoms with E-state index in [0.29, 0.717) is 0 Å². The van der Waals surface area contributed by atoms with Gasteiger partial charge >= 0.3 is 5.97 Å². The maximum absolute atomic E-state index is 11.8. The van der Waals surface area contributed by atoms with Crippen LogP contribution in [0.3, 0.4) is 0 Å². The second kappa shape index (κ2) is 10.1. The number of rotatable bonds is 9. The van der Waals surface area contributed by atoms with E-state index < -0.39 is 0 Å². The molecule has 2 unspecified atom stereocenters. The fourth-order valence-electron chi connectivity index (χ4n) is 3.09. The molecule has 0 heterocycles. The number of carbonyl (C=O) groups excluding carboxylic acids is 1. The Morgan fingerprint density at radius 2 is 1.38 bits per heavy atom. The van der Waals surface area contributed by atoms with Crippen LogP contribution in [0.2, 0.25) is 0 Å². The van der Waals surface area contributed by atoms with Crippen LogP contribution in [0.15, 0.2) is 60.7 Å². The zero-order valence-electron chi connectivity index (χ0n) is 16.3. The van der Waals surface area contributed by atoms with Gasteiger partial charge < -0.3 is 4.74 Å². The number of nitrogens with zero attached hydrogens (tertiary/aromatic N) is 2. The van der Waals surface area contributed by atoms with Gasteiger partial charge in [0, 0.05) is 25.7 Å². The summed E-state index contributed by atoms with van der Waals surface area (Å²) >= 11 is 0.